The summed E-state index contributed by atoms with van der Waals surface area (Å²) in [5.41, 5.74) is 8.55. The van der Waals surface area contributed by atoms with Crippen LogP contribution in [-0.4, -0.2) is 29.2 Å². The van der Waals surface area contributed by atoms with E-state index in [4.69, 9.17) is 0 Å². The molecule has 0 bridgehead atoms. The highest BCUT2D eigenvalue weighted by atomic mass is 16.2. The highest BCUT2D eigenvalue weighted by molar-refractivity contribution is 6.15. The van der Waals surface area contributed by atoms with E-state index >= 15 is 0 Å². The predicted molar refractivity (Wildman–Crippen MR) is 187 cm³/mol. The smallest absolute Gasteiger partial charge is 0.267 e. The Kier molecular flexibility index (Phi) is 7.48. The molecular formula is C39H29N5O2. The number of aromatic nitrogens is 1. The van der Waals surface area contributed by atoms with Crippen molar-refractivity contribution < 1.29 is 9.59 Å². The van der Waals surface area contributed by atoms with Crippen LogP contribution in [0.1, 0.15) is 43.2 Å². The summed E-state index contributed by atoms with van der Waals surface area (Å²) < 4.78 is 0. The third-order valence-electron chi connectivity index (χ3n) is 8.24. The highest BCUT2D eigenvalue weighted by Gasteiger charge is 2.17. The topological polar surface area (TPSA) is 95.8 Å². The fourth-order valence-electron chi connectivity index (χ4n) is 5.99. The summed E-state index contributed by atoms with van der Waals surface area (Å²) >= 11 is 0. The summed E-state index contributed by atoms with van der Waals surface area (Å²) in [5.74, 6) is -0.934. The van der Waals surface area contributed by atoms with Gasteiger partial charge in [-0.25, -0.2) is 10.9 Å². The number of carbonyl (C=O) groups excluding carboxylic acids is 2. The average Bonchev–Trinajstić information content (AvgIpc) is 3.07. The van der Waals surface area contributed by atoms with Crippen molar-refractivity contribution in [3.8, 4) is 0 Å². The van der Waals surface area contributed by atoms with Crippen LogP contribution in [0.2, 0.25) is 0 Å². The van der Waals surface area contributed by atoms with Gasteiger partial charge in [-0.1, -0.05) is 97.1 Å². The van der Waals surface area contributed by atoms with Crippen molar-refractivity contribution in [1.82, 2.24) is 15.8 Å². The number of carbonyl (C=O) groups is 2. The maximum absolute atomic E-state index is 13.3. The molecule has 0 aliphatic carbocycles. The van der Waals surface area contributed by atoms with Crippen molar-refractivity contribution in [2.75, 3.05) is 0 Å². The van der Waals surface area contributed by atoms with Gasteiger partial charge in [0.1, 0.15) is 0 Å². The van der Waals surface area contributed by atoms with Crippen LogP contribution in [0.5, 0.6) is 0 Å². The summed E-state index contributed by atoms with van der Waals surface area (Å²) in [5, 5.41) is 17.1. The van der Waals surface area contributed by atoms with E-state index in [9.17, 15) is 9.59 Å². The first-order valence-corrected chi connectivity index (χ1v) is 14.9. The molecule has 7 nitrogen and oxygen atoms in total. The Morgan fingerprint density at radius 3 is 1.20 bits per heavy atom. The molecule has 1 aromatic heterocycles. The van der Waals surface area contributed by atoms with E-state index in [1.807, 2.05) is 72.8 Å². The van der Waals surface area contributed by atoms with Gasteiger partial charge in [-0.15, -0.1) is 0 Å². The van der Waals surface area contributed by atoms with Gasteiger partial charge in [0, 0.05) is 11.1 Å². The second-order valence-electron chi connectivity index (χ2n) is 11.1. The van der Waals surface area contributed by atoms with E-state index in [1.54, 1.807) is 26.3 Å². The minimum atomic E-state index is -0.467. The third-order valence-corrected chi connectivity index (χ3v) is 8.24. The first-order valence-electron chi connectivity index (χ1n) is 14.9. The molecule has 46 heavy (non-hydrogen) atoms. The maximum atomic E-state index is 13.3. The minimum Gasteiger partial charge on any atom is -0.267 e. The molecule has 7 rings (SSSR count). The number of rotatable bonds is 6. The Morgan fingerprint density at radius 2 is 0.848 bits per heavy atom. The number of nitrogens with zero attached hydrogens (tertiary/aromatic N) is 3. The van der Waals surface area contributed by atoms with Gasteiger partial charge >= 0.3 is 0 Å². The van der Waals surface area contributed by atoms with Crippen molar-refractivity contribution in [2.45, 2.75) is 13.8 Å². The predicted octanol–water partition coefficient (Wildman–Crippen LogP) is 7.84. The van der Waals surface area contributed by atoms with Gasteiger partial charge in [0.2, 0.25) is 0 Å². The van der Waals surface area contributed by atoms with Crippen molar-refractivity contribution in [3.63, 3.8) is 0 Å². The second-order valence-corrected chi connectivity index (χ2v) is 11.1. The fourth-order valence-corrected chi connectivity index (χ4v) is 5.99. The zero-order chi connectivity index (χ0) is 31.6. The van der Waals surface area contributed by atoms with Crippen LogP contribution in [0.4, 0.5) is 0 Å². The van der Waals surface area contributed by atoms with Crippen LogP contribution >= 0.6 is 0 Å². The van der Waals surface area contributed by atoms with E-state index < -0.39 is 11.8 Å². The van der Waals surface area contributed by atoms with Crippen molar-refractivity contribution in [2.24, 2.45) is 10.2 Å². The van der Waals surface area contributed by atoms with Crippen LogP contribution in [0.15, 0.2) is 125 Å². The molecule has 0 saturated heterocycles. The van der Waals surface area contributed by atoms with Crippen LogP contribution in [-0.2, 0) is 0 Å². The number of hydrogen-bond donors (Lipinski definition) is 2. The fraction of sp³-hybridized carbons (Fsp3) is 0.0513. The maximum Gasteiger partial charge on any atom is 0.273 e. The summed E-state index contributed by atoms with van der Waals surface area (Å²) in [7, 11) is 0. The van der Waals surface area contributed by atoms with Gasteiger partial charge in [0.15, 0.2) is 0 Å². The van der Waals surface area contributed by atoms with Gasteiger partial charge in [0.05, 0.1) is 34.9 Å². The molecule has 0 unspecified atom stereocenters. The first kappa shape index (κ1) is 28.6. The highest BCUT2D eigenvalue weighted by Crippen LogP contribution is 2.28. The van der Waals surface area contributed by atoms with E-state index in [0.717, 1.165) is 54.2 Å². The average molecular weight is 600 g/mol. The Labute approximate surface area is 265 Å². The van der Waals surface area contributed by atoms with E-state index in [1.165, 1.54) is 6.07 Å². The quantitative estimate of drug-likeness (QED) is 0.116. The molecule has 0 fully saturated rings. The van der Waals surface area contributed by atoms with E-state index in [2.05, 4.69) is 62.4 Å². The van der Waals surface area contributed by atoms with Crippen LogP contribution < -0.4 is 10.9 Å². The zero-order valence-electron chi connectivity index (χ0n) is 25.3. The summed E-state index contributed by atoms with van der Waals surface area (Å²) in [6, 6.07) is 38.1. The lowest BCUT2D eigenvalue weighted by Gasteiger charge is -2.10. The Morgan fingerprint density at radius 1 is 0.522 bits per heavy atom. The van der Waals surface area contributed by atoms with Gasteiger partial charge in [0.25, 0.3) is 11.8 Å². The molecular weight excluding hydrogens is 570 g/mol. The lowest BCUT2D eigenvalue weighted by Crippen LogP contribution is -2.23. The van der Waals surface area contributed by atoms with Crippen LogP contribution in [0.25, 0.3) is 43.1 Å². The molecule has 0 atom stereocenters. The molecule has 2 N–H and O–H groups in total. The Bertz CT molecular complexity index is 2120. The molecule has 7 aromatic rings. The monoisotopic (exact) mass is 599 g/mol. The first-order chi connectivity index (χ1) is 22.5. The number of aryl methyl sites for hydroxylation is 2. The van der Waals surface area contributed by atoms with Crippen molar-refractivity contribution >= 4 is 67.3 Å². The zero-order valence-corrected chi connectivity index (χ0v) is 25.3. The lowest BCUT2D eigenvalue weighted by molar-refractivity contribution is 0.0954. The summed E-state index contributed by atoms with van der Waals surface area (Å²) in [6.45, 7) is 3.46. The number of amides is 2. The second kappa shape index (κ2) is 12.1. The van der Waals surface area contributed by atoms with Crippen LogP contribution in [0, 0.1) is 13.8 Å². The van der Waals surface area contributed by atoms with E-state index in [0.29, 0.717) is 11.4 Å². The molecule has 2 amide bonds. The molecule has 0 saturated carbocycles. The van der Waals surface area contributed by atoms with E-state index in [-0.39, 0.29) is 11.1 Å². The third kappa shape index (κ3) is 5.35. The number of benzene rings is 6. The molecule has 0 aliphatic rings. The number of hydrogen-bond acceptors (Lipinski definition) is 5. The molecule has 7 heteroatoms. The number of fused-ring (bicyclic) bond motifs is 4. The van der Waals surface area contributed by atoms with Gasteiger partial charge in [-0.05, 0) is 75.1 Å². The van der Waals surface area contributed by atoms with Crippen molar-refractivity contribution in [1.29, 1.82) is 0 Å². The number of pyridine rings is 1. The summed E-state index contributed by atoms with van der Waals surface area (Å²) in [4.78, 5) is 31.1. The van der Waals surface area contributed by atoms with Gasteiger partial charge < -0.3 is 0 Å². The summed E-state index contributed by atoms with van der Waals surface area (Å²) in [6.07, 6.45) is 3.33. The number of nitrogens with one attached hydrogen (secondary N) is 2. The molecule has 222 valence electrons. The Balaban J connectivity index is 1.13. The standard InChI is InChI=1S/C39H29N5O2/c1-24-34(38(45)43-40-22-36-30-15-7-3-11-26(30)19-27-12-4-8-16-31(27)36)21-35(25(2)42-24)39(46)44-41-23-37-32-17-9-5-13-28(32)20-29-14-6-10-18-33(29)37/h3-23H,1-2H3,(H,43,45)(H,44,46)/b40-22+,41-23+. The Hall–Kier alpha value is -6.21. The molecule has 6 aromatic carbocycles. The largest absolute Gasteiger partial charge is 0.273 e. The lowest BCUT2D eigenvalue weighted by atomic mass is 9.97. The molecule has 0 aliphatic heterocycles. The van der Waals surface area contributed by atoms with Gasteiger partial charge in [-0.2, -0.15) is 10.2 Å². The number of hydrazone groups is 2. The van der Waals surface area contributed by atoms with Gasteiger partial charge in [-0.3, -0.25) is 14.6 Å². The van der Waals surface area contributed by atoms with Crippen LogP contribution in [0.3, 0.4) is 0 Å². The SMILES string of the molecule is Cc1nc(C)c(C(=O)N/N=C/c2c3ccccc3cc3ccccc23)cc1C(=O)N/N=C/c1c2ccccc2cc2ccccc12. The molecule has 0 spiro atoms. The normalized spacial score (nSPS) is 11.7. The molecule has 0 radical (unpaired) electrons. The molecule has 1 heterocycles. The minimum absolute atomic E-state index is 0.250. The van der Waals surface area contributed by atoms with Crippen molar-refractivity contribution in [3.05, 3.63) is 149 Å².